The number of nitro groups is 1. The molecule has 0 fully saturated rings. The fourth-order valence-electron chi connectivity index (χ4n) is 2.26. The lowest BCUT2D eigenvalue weighted by Crippen LogP contribution is -2.18. The number of aromatic nitrogens is 2. The molecule has 1 N–H and O–H groups in total. The van der Waals surface area contributed by atoms with E-state index in [0.717, 1.165) is 17.3 Å². The van der Waals surface area contributed by atoms with Crippen molar-refractivity contribution >= 4 is 17.3 Å². The molecule has 0 aliphatic heterocycles. The van der Waals surface area contributed by atoms with Gasteiger partial charge in [0.1, 0.15) is 18.9 Å². The molecule has 24 heavy (non-hydrogen) atoms. The molecule has 3 aromatic rings. The van der Waals surface area contributed by atoms with Gasteiger partial charge in [-0.25, -0.2) is 0 Å². The number of hydrogen-bond acceptors (Lipinski definition) is 4. The zero-order chi connectivity index (χ0) is 16.9. The van der Waals surface area contributed by atoms with Crippen LogP contribution in [0, 0.1) is 10.1 Å². The van der Waals surface area contributed by atoms with Gasteiger partial charge in [0, 0.05) is 5.69 Å². The van der Waals surface area contributed by atoms with Crippen LogP contribution < -0.4 is 5.32 Å². The maximum atomic E-state index is 12.0. The Bertz CT molecular complexity index is 857. The maximum absolute atomic E-state index is 12.0. The lowest BCUT2D eigenvalue weighted by molar-refractivity contribution is -0.385. The van der Waals surface area contributed by atoms with Gasteiger partial charge in [0.25, 0.3) is 0 Å². The first-order valence-electron chi connectivity index (χ1n) is 7.24. The summed E-state index contributed by atoms with van der Waals surface area (Å²) in [5.74, 6) is -0.305. The molecule has 3 rings (SSSR count). The van der Waals surface area contributed by atoms with E-state index in [1.807, 2.05) is 54.6 Å². The summed E-state index contributed by atoms with van der Waals surface area (Å²) >= 11 is 0. The first-order chi connectivity index (χ1) is 11.6. The number of hydrogen-bond donors (Lipinski definition) is 1. The third-order valence-electron chi connectivity index (χ3n) is 3.41. The molecule has 0 saturated carbocycles. The van der Waals surface area contributed by atoms with Crippen LogP contribution in [0.1, 0.15) is 0 Å². The van der Waals surface area contributed by atoms with Gasteiger partial charge in [-0.15, -0.1) is 0 Å². The molecule has 2 aromatic carbocycles. The first kappa shape index (κ1) is 15.4. The van der Waals surface area contributed by atoms with E-state index in [0.29, 0.717) is 5.69 Å². The lowest BCUT2D eigenvalue weighted by Gasteiger charge is -2.07. The second kappa shape index (κ2) is 6.74. The Hall–Kier alpha value is -3.48. The molecule has 0 atom stereocenters. The van der Waals surface area contributed by atoms with Crippen LogP contribution in [0.25, 0.3) is 11.1 Å². The molecule has 1 amide bonds. The molecule has 0 unspecified atom stereocenters. The molecule has 1 aromatic heterocycles. The zero-order valence-electron chi connectivity index (χ0n) is 12.6. The second-order valence-corrected chi connectivity index (χ2v) is 5.14. The third-order valence-corrected chi connectivity index (χ3v) is 3.41. The average molecular weight is 322 g/mol. The van der Waals surface area contributed by atoms with Crippen molar-refractivity contribution in [2.75, 3.05) is 5.32 Å². The van der Waals surface area contributed by atoms with Gasteiger partial charge in [-0.3, -0.25) is 19.6 Å². The summed E-state index contributed by atoms with van der Waals surface area (Å²) in [6.07, 6.45) is 2.33. The molecule has 1 heterocycles. The number of anilines is 1. The zero-order valence-corrected chi connectivity index (χ0v) is 12.6. The van der Waals surface area contributed by atoms with Crippen LogP contribution in [0.5, 0.6) is 0 Å². The molecule has 0 saturated heterocycles. The largest absolute Gasteiger partial charge is 0.324 e. The fraction of sp³-hybridized carbons (Fsp3) is 0.0588. The van der Waals surface area contributed by atoms with Gasteiger partial charge in [-0.1, -0.05) is 42.5 Å². The van der Waals surface area contributed by atoms with Crippen LogP contribution in [-0.4, -0.2) is 20.6 Å². The standard InChI is InChI=1S/C17H14N4O3/c22-17(12-20-11-16(10-18-20)21(23)24)19-15-8-6-14(7-9-15)13-4-2-1-3-5-13/h1-11H,12H2,(H,19,22). The van der Waals surface area contributed by atoms with Crippen molar-refractivity contribution < 1.29 is 9.72 Å². The molecule has 0 aliphatic rings. The minimum atomic E-state index is -0.552. The predicted octanol–water partition coefficient (Wildman–Crippen LogP) is 3.10. The van der Waals surface area contributed by atoms with Crippen LogP contribution in [0.15, 0.2) is 67.0 Å². The summed E-state index contributed by atoms with van der Waals surface area (Å²) in [7, 11) is 0. The summed E-state index contributed by atoms with van der Waals surface area (Å²) in [6, 6.07) is 17.4. The molecule has 0 bridgehead atoms. The van der Waals surface area contributed by atoms with Crippen molar-refractivity contribution in [3.05, 3.63) is 77.1 Å². The van der Waals surface area contributed by atoms with Gasteiger partial charge in [-0.05, 0) is 23.3 Å². The molecule has 0 aliphatic carbocycles. The topological polar surface area (TPSA) is 90.1 Å². The highest BCUT2D eigenvalue weighted by Crippen LogP contribution is 2.21. The molecule has 0 spiro atoms. The van der Waals surface area contributed by atoms with Crippen molar-refractivity contribution in [3.8, 4) is 11.1 Å². The van der Waals surface area contributed by atoms with Crippen molar-refractivity contribution in [3.63, 3.8) is 0 Å². The van der Waals surface area contributed by atoms with E-state index in [-0.39, 0.29) is 18.1 Å². The van der Waals surface area contributed by atoms with Crippen molar-refractivity contribution in [2.24, 2.45) is 0 Å². The number of nitrogens with zero attached hydrogens (tertiary/aromatic N) is 3. The Labute approximate surface area is 137 Å². The Morgan fingerprint density at radius 3 is 2.38 bits per heavy atom. The number of amides is 1. The van der Waals surface area contributed by atoms with Gasteiger partial charge in [0.05, 0.1) is 4.92 Å². The number of carbonyl (C=O) groups is 1. The maximum Gasteiger partial charge on any atom is 0.307 e. The monoisotopic (exact) mass is 322 g/mol. The van der Waals surface area contributed by atoms with Crippen LogP contribution >= 0.6 is 0 Å². The SMILES string of the molecule is O=C(Cn1cc([N+](=O)[O-])cn1)Nc1ccc(-c2ccccc2)cc1. The van der Waals surface area contributed by atoms with E-state index < -0.39 is 4.92 Å². The highest BCUT2D eigenvalue weighted by molar-refractivity contribution is 5.90. The number of rotatable bonds is 5. The molecular formula is C17H14N4O3. The lowest BCUT2D eigenvalue weighted by atomic mass is 10.1. The predicted molar refractivity (Wildman–Crippen MR) is 89.4 cm³/mol. The quantitative estimate of drug-likeness (QED) is 0.577. The second-order valence-electron chi connectivity index (χ2n) is 5.14. The van der Waals surface area contributed by atoms with Gasteiger partial charge < -0.3 is 5.32 Å². The van der Waals surface area contributed by atoms with Gasteiger partial charge in [-0.2, -0.15) is 5.10 Å². The Morgan fingerprint density at radius 1 is 1.08 bits per heavy atom. The number of carbonyl (C=O) groups excluding carboxylic acids is 1. The third kappa shape index (κ3) is 3.64. The van der Waals surface area contributed by atoms with Gasteiger partial charge >= 0.3 is 5.69 Å². The molecule has 7 heteroatoms. The Balaban J connectivity index is 1.63. The van der Waals surface area contributed by atoms with E-state index in [1.165, 1.54) is 10.9 Å². The molecular weight excluding hydrogens is 308 g/mol. The normalized spacial score (nSPS) is 10.3. The molecule has 120 valence electrons. The van der Waals surface area contributed by atoms with E-state index in [1.54, 1.807) is 0 Å². The van der Waals surface area contributed by atoms with Gasteiger partial charge in [0.2, 0.25) is 5.91 Å². The minimum Gasteiger partial charge on any atom is -0.324 e. The van der Waals surface area contributed by atoms with Crippen molar-refractivity contribution in [1.82, 2.24) is 9.78 Å². The van der Waals surface area contributed by atoms with Crippen LogP contribution in [0.4, 0.5) is 11.4 Å². The fourth-order valence-corrected chi connectivity index (χ4v) is 2.26. The summed E-state index contributed by atoms with van der Waals surface area (Å²) < 4.78 is 1.23. The Kier molecular flexibility index (Phi) is 4.33. The summed E-state index contributed by atoms with van der Waals surface area (Å²) in [5.41, 5.74) is 2.66. The van der Waals surface area contributed by atoms with Crippen molar-refractivity contribution in [2.45, 2.75) is 6.54 Å². The summed E-state index contributed by atoms with van der Waals surface area (Å²) in [4.78, 5) is 22.0. The van der Waals surface area contributed by atoms with Crippen LogP contribution in [0.3, 0.4) is 0 Å². The van der Waals surface area contributed by atoms with Crippen LogP contribution in [-0.2, 0) is 11.3 Å². The smallest absolute Gasteiger partial charge is 0.307 e. The van der Waals surface area contributed by atoms with E-state index in [2.05, 4.69) is 10.4 Å². The highest BCUT2D eigenvalue weighted by atomic mass is 16.6. The summed E-state index contributed by atoms with van der Waals surface area (Å²) in [6.45, 7) is -0.0890. The molecule has 0 radical (unpaired) electrons. The first-order valence-corrected chi connectivity index (χ1v) is 7.24. The number of nitrogens with one attached hydrogen (secondary N) is 1. The highest BCUT2D eigenvalue weighted by Gasteiger charge is 2.11. The van der Waals surface area contributed by atoms with Gasteiger partial charge in [0.15, 0.2) is 0 Å². The molecule has 7 nitrogen and oxygen atoms in total. The van der Waals surface area contributed by atoms with E-state index in [4.69, 9.17) is 0 Å². The average Bonchev–Trinajstić information content (AvgIpc) is 3.05. The van der Waals surface area contributed by atoms with E-state index in [9.17, 15) is 14.9 Å². The Morgan fingerprint density at radius 2 is 1.75 bits per heavy atom. The van der Waals surface area contributed by atoms with Crippen molar-refractivity contribution in [1.29, 1.82) is 0 Å². The minimum absolute atomic E-state index is 0.0890. The number of benzene rings is 2. The van der Waals surface area contributed by atoms with E-state index >= 15 is 0 Å². The summed E-state index contributed by atoms with van der Waals surface area (Å²) in [5, 5.41) is 17.1. The van der Waals surface area contributed by atoms with Crippen LogP contribution in [0.2, 0.25) is 0 Å².